The molecule has 0 amide bonds. The van der Waals surface area contributed by atoms with Gasteiger partial charge in [-0.15, -0.1) is 0 Å². The van der Waals surface area contributed by atoms with Crippen LogP contribution in [-0.4, -0.2) is 30.0 Å². The molecule has 100 valence electrons. The second-order valence-electron chi connectivity index (χ2n) is 5.63. The molecule has 0 bridgehead atoms. The topological polar surface area (TPSA) is 28.2 Å². The highest BCUT2D eigenvalue weighted by Crippen LogP contribution is 2.27. The Bertz CT molecular complexity index is 353. The third-order valence-electron chi connectivity index (χ3n) is 4.12. The Kier molecular flexibility index (Phi) is 4.59. The number of hydrogen-bond donors (Lipinski definition) is 1. The van der Waals surface area contributed by atoms with Gasteiger partial charge >= 0.3 is 0 Å². The highest BCUT2D eigenvalue weighted by atomic mass is 15.1. The summed E-state index contributed by atoms with van der Waals surface area (Å²) in [5.41, 5.74) is 1.30. The Morgan fingerprint density at radius 1 is 1.28 bits per heavy atom. The van der Waals surface area contributed by atoms with Crippen LogP contribution in [0, 0.1) is 5.92 Å². The molecule has 18 heavy (non-hydrogen) atoms. The molecule has 0 unspecified atom stereocenters. The maximum absolute atomic E-state index is 4.37. The maximum Gasteiger partial charge on any atom is 0.125 e. The van der Waals surface area contributed by atoms with E-state index in [0.717, 1.165) is 24.3 Å². The van der Waals surface area contributed by atoms with Crippen LogP contribution in [0.1, 0.15) is 38.2 Å². The van der Waals surface area contributed by atoms with E-state index in [1.807, 2.05) is 19.3 Å². The summed E-state index contributed by atoms with van der Waals surface area (Å²) in [5.74, 6) is 1.86. The van der Waals surface area contributed by atoms with Gasteiger partial charge in [-0.3, -0.25) is 4.90 Å². The van der Waals surface area contributed by atoms with Gasteiger partial charge in [0.2, 0.25) is 0 Å². The monoisotopic (exact) mass is 247 g/mol. The smallest absolute Gasteiger partial charge is 0.125 e. The van der Waals surface area contributed by atoms with Crippen molar-refractivity contribution < 1.29 is 0 Å². The van der Waals surface area contributed by atoms with Crippen LogP contribution < -0.4 is 5.32 Å². The van der Waals surface area contributed by atoms with Gasteiger partial charge in [-0.2, -0.15) is 0 Å². The van der Waals surface area contributed by atoms with Crippen LogP contribution in [0.15, 0.2) is 18.3 Å². The van der Waals surface area contributed by atoms with E-state index in [1.165, 1.54) is 31.2 Å². The molecule has 1 saturated carbocycles. The number of anilines is 1. The number of hydrogen-bond acceptors (Lipinski definition) is 3. The average molecular weight is 247 g/mol. The minimum atomic E-state index is 0.755. The Morgan fingerprint density at radius 3 is 2.56 bits per heavy atom. The molecule has 0 spiro atoms. The van der Waals surface area contributed by atoms with Crippen LogP contribution in [0.25, 0.3) is 0 Å². The lowest BCUT2D eigenvalue weighted by Gasteiger charge is -2.33. The molecule has 1 fully saturated rings. The zero-order valence-electron chi connectivity index (χ0n) is 11.8. The SMILES string of the molecule is CNc1ccc(CN(C)C2CCC(C)CC2)cn1. The van der Waals surface area contributed by atoms with Crippen molar-refractivity contribution in [3.8, 4) is 0 Å². The molecule has 1 aromatic rings. The first-order valence-corrected chi connectivity index (χ1v) is 7.02. The minimum absolute atomic E-state index is 0.755. The molecule has 3 nitrogen and oxygen atoms in total. The quantitative estimate of drug-likeness (QED) is 0.886. The normalized spacial score (nSPS) is 24.2. The highest BCUT2D eigenvalue weighted by Gasteiger charge is 2.21. The zero-order chi connectivity index (χ0) is 13.0. The Balaban J connectivity index is 1.87. The molecule has 3 heteroatoms. The van der Waals surface area contributed by atoms with Crippen LogP contribution in [0.3, 0.4) is 0 Å². The fraction of sp³-hybridized carbons (Fsp3) is 0.667. The van der Waals surface area contributed by atoms with E-state index in [2.05, 4.69) is 35.2 Å². The van der Waals surface area contributed by atoms with Gasteiger partial charge in [0.25, 0.3) is 0 Å². The van der Waals surface area contributed by atoms with Gasteiger partial charge in [-0.05, 0) is 50.3 Å². The van der Waals surface area contributed by atoms with Crippen molar-refractivity contribution in [2.24, 2.45) is 5.92 Å². The van der Waals surface area contributed by atoms with Gasteiger partial charge in [-0.1, -0.05) is 13.0 Å². The molecule has 1 aliphatic rings. The molecular formula is C15H25N3. The predicted molar refractivity (Wildman–Crippen MR) is 76.7 cm³/mol. The van der Waals surface area contributed by atoms with E-state index in [9.17, 15) is 0 Å². The van der Waals surface area contributed by atoms with Gasteiger partial charge in [0.1, 0.15) is 5.82 Å². The lowest BCUT2D eigenvalue weighted by atomic mass is 9.86. The molecule has 0 aliphatic heterocycles. The summed E-state index contributed by atoms with van der Waals surface area (Å²) in [4.78, 5) is 6.86. The number of aromatic nitrogens is 1. The summed E-state index contributed by atoms with van der Waals surface area (Å²) in [6.45, 7) is 3.38. The van der Waals surface area contributed by atoms with E-state index in [0.29, 0.717) is 0 Å². The van der Waals surface area contributed by atoms with Gasteiger partial charge in [0, 0.05) is 25.8 Å². The van der Waals surface area contributed by atoms with E-state index in [1.54, 1.807) is 0 Å². The number of rotatable bonds is 4. The predicted octanol–water partition coefficient (Wildman–Crippen LogP) is 3.13. The van der Waals surface area contributed by atoms with Crippen molar-refractivity contribution in [1.82, 2.24) is 9.88 Å². The molecular weight excluding hydrogens is 222 g/mol. The molecule has 1 aliphatic carbocycles. The van der Waals surface area contributed by atoms with Gasteiger partial charge < -0.3 is 5.32 Å². The Morgan fingerprint density at radius 2 is 2.00 bits per heavy atom. The van der Waals surface area contributed by atoms with E-state index in [4.69, 9.17) is 0 Å². The molecule has 0 saturated heterocycles. The number of pyridine rings is 1. The third-order valence-corrected chi connectivity index (χ3v) is 4.12. The first kappa shape index (κ1) is 13.3. The summed E-state index contributed by atoms with van der Waals surface area (Å²) in [6, 6.07) is 4.97. The molecule has 2 rings (SSSR count). The summed E-state index contributed by atoms with van der Waals surface area (Å²) in [7, 11) is 4.14. The first-order chi connectivity index (χ1) is 8.69. The molecule has 1 heterocycles. The molecule has 0 aromatic carbocycles. The fourth-order valence-electron chi connectivity index (χ4n) is 2.77. The lowest BCUT2D eigenvalue weighted by molar-refractivity contribution is 0.164. The van der Waals surface area contributed by atoms with E-state index in [-0.39, 0.29) is 0 Å². The summed E-state index contributed by atoms with van der Waals surface area (Å²) >= 11 is 0. The summed E-state index contributed by atoms with van der Waals surface area (Å²) < 4.78 is 0. The highest BCUT2D eigenvalue weighted by molar-refractivity contribution is 5.34. The van der Waals surface area contributed by atoms with E-state index >= 15 is 0 Å². The molecule has 1 aromatic heterocycles. The zero-order valence-corrected chi connectivity index (χ0v) is 11.8. The van der Waals surface area contributed by atoms with Crippen molar-refractivity contribution in [2.45, 2.75) is 45.2 Å². The first-order valence-electron chi connectivity index (χ1n) is 7.02. The van der Waals surface area contributed by atoms with Crippen LogP contribution in [0.4, 0.5) is 5.82 Å². The van der Waals surface area contributed by atoms with Crippen molar-refractivity contribution in [3.05, 3.63) is 23.9 Å². The fourth-order valence-corrected chi connectivity index (χ4v) is 2.77. The van der Waals surface area contributed by atoms with Crippen molar-refractivity contribution in [2.75, 3.05) is 19.4 Å². The summed E-state index contributed by atoms with van der Waals surface area (Å²) in [5, 5.41) is 3.05. The Labute approximate surface area is 111 Å². The standard InChI is InChI=1S/C15H25N3/c1-12-4-7-14(8-5-12)18(3)11-13-6-9-15(16-2)17-10-13/h6,9-10,12,14H,4-5,7-8,11H2,1-3H3,(H,16,17). The number of nitrogens with zero attached hydrogens (tertiary/aromatic N) is 2. The van der Waals surface area contributed by atoms with Crippen LogP contribution >= 0.6 is 0 Å². The van der Waals surface area contributed by atoms with Crippen molar-refractivity contribution in [1.29, 1.82) is 0 Å². The second-order valence-corrected chi connectivity index (χ2v) is 5.63. The molecule has 0 atom stereocenters. The van der Waals surface area contributed by atoms with Crippen LogP contribution in [-0.2, 0) is 6.54 Å². The van der Waals surface area contributed by atoms with E-state index < -0.39 is 0 Å². The number of nitrogens with one attached hydrogen (secondary N) is 1. The van der Waals surface area contributed by atoms with Crippen LogP contribution in [0.2, 0.25) is 0 Å². The van der Waals surface area contributed by atoms with Gasteiger partial charge in [0.15, 0.2) is 0 Å². The Hall–Kier alpha value is -1.09. The third kappa shape index (κ3) is 3.45. The second kappa shape index (κ2) is 6.19. The lowest BCUT2D eigenvalue weighted by Crippen LogP contribution is -2.34. The summed E-state index contributed by atoms with van der Waals surface area (Å²) in [6.07, 6.45) is 7.44. The van der Waals surface area contributed by atoms with Gasteiger partial charge in [0.05, 0.1) is 0 Å². The largest absolute Gasteiger partial charge is 0.373 e. The average Bonchev–Trinajstić information content (AvgIpc) is 2.40. The van der Waals surface area contributed by atoms with Crippen molar-refractivity contribution >= 4 is 5.82 Å². The molecule has 0 radical (unpaired) electrons. The minimum Gasteiger partial charge on any atom is -0.373 e. The van der Waals surface area contributed by atoms with Gasteiger partial charge in [-0.25, -0.2) is 4.98 Å². The van der Waals surface area contributed by atoms with Crippen LogP contribution in [0.5, 0.6) is 0 Å². The van der Waals surface area contributed by atoms with Crippen molar-refractivity contribution in [3.63, 3.8) is 0 Å². The maximum atomic E-state index is 4.37. The molecule has 1 N–H and O–H groups in total.